The topological polar surface area (TPSA) is 59.8 Å². The zero-order valence-electron chi connectivity index (χ0n) is 14.5. The number of aromatic nitrogens is 3. The molecule has 4 aromatic rings. The van der Waals surface area contributed by atoms with Gasteiger partial charge in [-0.15, -0.1) is 5.10 Å². The number of para-hydroxylation sites is 2. The van der Waals surface area contributed by atoms with Crippen LogP contribution in [0.1, 0.15) is 10.6 Å². The number of nitrogens with one attached hydrogen (secondary N) is 1. The first-order valence-corrected chi connectivity index (χ1v) is 9.25. The molecule has 0 fully saturated rings. The van der Waals surface area contributed by atoms with E-state index in [1.54, 1.807) is 16.8 Å². The fraction of sp³-hybridized carbons (Fsp3) is 0. The van der Waals surface area contributed by atoms with Gasteiger partial charge in [-0.3, -0.25) is 4.79 Å². The van der Waals surface area contributed by atoms with Crippen LogP contribution in [0.2, 0.25) is 0 Å². The molecule has 0 bridgehead atoms. The van der Waals surface area contributed by atoms with E-state index in [4.69, 9.17) is 0 Å². The number of carbonyl (C=O) groups excluding carboxylic acids is 1. The highest BCUT2D eigenvalue weighted by molar-refractivity contribution is 9.10. The molecule has 1 aromatic heterocycles. The quantitative estimate of drug-likeness (QED) is 0.484. The van der Waals surface area contributed by atoms with Crippen molar-refractivity contribution in [3.63, 3.8) is 0 Å². The van der Waals surface area contributed by atoms with E-state index in [1.165, 1.54) is 12.1 Å². The molecular formula is C21H14BrFN4O. The first-order valence-electron chi connectivity index (χ1n) is 8.46. The standard InChI is InChI=1S/C21H14BrFN4O/c22-15-12-10-14(11-13-15)20-25-19(26-27(20)16-6-2-1-3-7-16)21(28)24-18-9-5-4-8-17(18)23/h1-13H,(H,24,28). The van der Waals surface area contributed by atoms with Crippen LogP contribution in [-0.4, -0.2) is 20.7 Å². The lowest BCUT2D eigenvalue weighted by molar-refractivity contribution is 0.101. The molecule has 0 spiro atoms. The second kappa shape index (κ2) is 7.74. The number of rotatable bonds is 4. The molecule has 1 N–H and O–H groups in total. The van der Waals surface area contributed by atoms with Crippen LogP contribution < -0.4 is 5.32 Å². The smallest absolute Gasteiger partial charge is 0.295 e. The van der Waals surface area contributed by atoms with Crippen LogP contribution in [0.4, 0.5) is 10.1 Å². The average molecular weight is 437 g/mol. The minimum Gasteiger partial charge on any atom is -0.317 e. The normalized spacial score (nSPS) is 10.6. The molecule has 5 nitrogen and oxygen atoms in total. The van der Waals surface area contributed by atoms with Gasteiger partial charge >= 0.3 is 0 Å². The zero-order chi connectivity index (χ0) is 19.5. The number of carbonyl (C=O) groups is 1. The second-order valence-electron chi connectivity index (χ2n) is 5.95. The number of halogens is 2. The Morgan fingerprint density at radius 3 is 2.32 bits per heavy atom. The van der Waals surface area contributed by atoms with Crippen LogP contribution in [-0.2, 0) is 0 Å². The van der Waals surface area contributed by atoms with Gasteiger partial charge in [-0.25, -0.2) is 14.1 Å². The van der Waals surface area contributed by atoms with Crippen LogP contribution in [0.25, 0.3) is 17.1 Å². The molecule has 0 saturated carbocycles. The third kappa shape index (κ3) is 3.70. The molecule has 1 heterocycles. The summed E-state index contributed by atoms with van der Waals surface area (Å²) in [5.41, 5.74) is 1.64. The van der Waals surface area contributed by atoms with Gasteiger partial charge in [0.05, 0.1) is 11.4 Å². The lowest BCUT2D eigenvalue weighted by Gasteiger charge is -2.05. The Hall–Kier alpha value is -3.32. The Labute approximate surface area is 169 Å². The van der Waals surface area contributed by atoms with Gasteiger partial charge < -0.3 is 5.32 Å². The van der Waals surface area contributed by atoms with Crippen molar-refractivity contribution in [2.75, 3.05) is 5.32 Å². The highest BCUT2D eigenvalue weighted by atomic mass is 79.9. The third-order valence-corrected chi connectivity index (χ3v) is 4.56. The van der Waals surface area contributed by atoms with Gasteiger partial charge in [-0.1, -0.05) is 58.4 Å². The van der Waals surface area contributed by atoms with Gasteiger partial charge in [0, 0.05) is 10.0 Å². The summed E-state index contributed by atoms with van der Waals surface area (Å²) in [7, 11) is 0. The minimum atomic E-state index is -0.585. The van der Waals surface area contributed by atoms with Gasteiger partial charge in [0.15, 0.2) is 5.82 Å². The van der Waals surface area contributed by atoms with E-state index in [9.17, 15) is 9.18 Å². The predicted molar refractivity (Wildman–Crippen MR) is 109 cm³/mol. The largest absolute Gasteiger partial charge is 0.317 e. The summed E-state index contributed by atoms with van der Waals surface area (Å²) >= 11 is 3.41. The molecular weight excluding hydrogens is 423 g/mol. The van der Waals surface area contributed by atoms with Crippen molar-refractivity contribution < 1.29 is 9.18 Å². The Morgan fingerprint density at radius 2 is 1.61 bits per heavy atom. The summed E-state index contributed by atoms with van der Waals surface area (Å²) in [4.78, 5) is 17.0. The molecule has 4 rings (SSSR count). The molecule has 0 atom stereocenters. The zero-order valence-corrected chi connectivity index (χ0v) is 16.1. The van der Waals surface area contributed by atoms with Crippen molar-refractivity contribution in [1.29, 1.82) is 0 Å². The summed E-state index contributed by atoms with van der Waals surface area (Å²) in [5, 5.41) is 6.88. The van der Waals surface area contributed by atoms with Gasteiger partial charge in [0.25, 0.3) is 5.91 Å². The predicted octanol–water partition coefficient (Wildman–Crippen LogP) is 5.09. The van der Waals surface area contributed by atoms with Crippen LogP contribution in [0, 0.1) is 5.82 Å². The van der Waals surface area contributed by atoms with Gasteiger partial charge in [0.2, 0.25) is 5.82 Å². The monoisotopic (exact) mass is 436 g/mol. The van der Waals surface area contributed by atoms with E-state index in [0.29, 0.717) is 5.82 Å². The van der Waals surface area contributed by atoms with Crippen molar-refractivity contribution in [2.45, 2.75) is 0 Å². The maximum Gasteiger partial charge on any atom is 0.295 e. The van der Waals surface area contributed by atoms with E-state index >= 15 is 0 Å². The molecule has 0 aliphatic rings. The molecule has 138 valence electrons. The van der Waals surface area contributed by atoms with Crippen molar-refractivity contribution in [2.24, 2.45) is 0 Å². The summed E-state index contributed by atoms with van der Waals surface area (Å²) in [6.45, 7) is 0. The third-order valence-electron chi connectivity index (χ3n) is 4.04. The van der Waals surface area contributed by atoms with Crippen LogP contribution >= 0.6 is 15.9 Å². The second-order valence-corrected chi connectivity index (χ2v) is 6.86. The van der Waals surface area contributed by atoms with Crippen molar-refractivity contribution in [1.82, 2.24) is 14.8 Å². The Morgan fingerprint density at radius 1 is 0.929 bits per heavy atom. The molecule has 1 amide bonds. The maximum atomic E-state index is 13.9. The van der Waals surface area contributed by atoms with E-state index in [0.717, 1.165) is 15.7 Å². The molecule has 0 radical (unpaired) electrons. The molecule has 0 aliphatic heterocycles. The number of hydrogen-bond donors (Lipinski definition) is 1. The SMILES string of the molecule is O=C(Nc1ccccc1F)c1nc(-c2ccc(Br)cc2)n(-c2ccccc2)n1. The number of amides is 1. The maximum absolute atomic E-state index is 13.9. The summed E-state index contributed by atoms with van der Waals surface area (Å²) < 4.78 is 16.4. The van der Waals surface area contributed by atoms with Gasteiger partial charge in [-0.05, 0) is 36.4 Å². The minimum absolute atomic E-state index is 0.0509. The summed E-state index contributed by atoms with van der Waals surface area (Å²) in [5.74, 6) is -0.646. The number of nitrogens with zero attached hydrogens (tertiary/aromatic N) is 3. The lowest BCUT2D eigenvalue weighted by atomic mass is 10.2. The van der Waals surface area contributed by atoms with Crippen LogP contribution in [0.5, 0.6) is 0 Å². The van der Waals surface area contributed by atoms with E-state index in [1.807, 2.05) is 54.6 Å². The first kappa shape index (κ1) is 18.1. The molecule has 7 heteroatoms. The fourth-order valence-corrected chi connectivity index (χ4v) is 2.95. The Kier molecular flexibility index (Phi) is 4.99. The molecule has 0 saturated heterocycles. The highest BCUT2D eigenvalue weighted by Gasteiger charge is 2.19. The first-order chi connectivity index (χ1) is 13.6. The van der Waals surface area contributed by atoms with Gasteiger partial charge in [0.1, 0.15) is 5.82 Å². The molecule has 0 unspecified atom stereocenters. The highest BCUT2D eigenvalue weighted by Crippen LogP contribution is 2.23. The lowest BCUT2D eigenvalue weighted by Crippen LogP contribution is -2.15. The van der Waals surface area contributed by atoms with E-state index in [2.05, 4.69) is 31.3 Å². The van der Waals surface area contributed by atoms with E-state index in [-0.39, 0.29) is 11.5 Å². The van der Waals surface area contributed by atoms with Crippen LogP contribution in [0.3, 0.4) is 0 Å². The average Bonchev–Trinajstić information content (AvgIpc) is 3.16. The summed E-state index contributed by atoms with van der Waals surface area (Å²) in [6, 6.07) is 22.9. The van der Waals surface area contributed by atoms with Crippen molar-refractivity contribution in [3.05, 3.63) is 95.0 Å². The van der Waals surface area contributed by atoms with Crippen LogP contribution in [0.15, 0.2) is 83.3 Å². The Bertz CT molecular complexity index is 1130. The number of benzene rings is 3. The van der Waals surface area contributed by atoms with E-state index < -0.39 is 11.7 Å². The number of hydrogen-bond acceptors (Lipinski definition) is 3. The summed E-state index contributed by atoms with van der Waals surface area (Å²) in [6.07, 6.45) is 0. The van der Waals surface area contributed by atoms with Crippen molar-refractivity contribution in [3.8, 4) is 17.1 Å². The van der Waals surface area contributed by atoms with Gasteiger partial charge in [-0.2, -0.15) is 0 Å². The number of anilines is 1. The Balaban J connectivity index is 1.76. The molecule has 28 heavy (non-hydrogen) atoms. The fourth-order valence-electron chi connectivity index (χ4n) is 2.68. The van der Waals surface area contributed by atoms with Crippen molar-refractivity contribution >= 4 is 27.5 Å². The molecule has 0 aliphatic carbocycles. The molecule has 3 aromatic carbocycles.